The molecule has 0 heterocycles. The van der Waals surface area contributed by atoms with Gasteiger partial charge in [0.1, 0.15) is 0 Å². The Balaban J connectivity index is 0. The molecule has 0 spiro atoms. The third kappa shape index (κ3) is 11.6. The van der Waals surface area contributed by atoms with Crippen molar-refractivity contribution in [2.24, 2.45) is 0 Å². The van der Waals surface area contributed by atoms with E-state index in [1.807, 2.05) is 6.55 Å². The molecule has 0 aromatic rings. The van der Waals surface area contributed by atoms with Crippen LogP contribution >= 0.6 is 0 Å². The highest BCUT2D eigenvalue weighted by Crippen LogP contribution is 2.12. The Bertz CT molecular complexity index is 143. The first-order chi connectivity index (χ1) is 6.41. The second kappa shape index (κ2) is 9.13. The smallest absolute Gasteiger partial charge is 0.334 e. The van der Waals surface area contributed by atoms with Crippen molar-refractivity contribution in [3.05, 3.63) is 0 Å². The highest BCUT2D eigenvalue weighted by Gasteiger charge is 2.27. The number of hydrogen-bond donors (Lipinski definition) is 2. The van der Waals surface area contributed by atoms with E-state index >= 15 is 0 Å². The molecule has 0 bridgehead atoms. The average Bonchev–Trinajstić information content (AvgIpc) is 2.13. The van der Waals surface area contributed by atoms with Crippen LogP contribution in [0.5, 0.6) is 0 Å². The first-order valence-electron chi connectivity index (χ1n) is 4.32. The molecule has 0 aromatic carbocycles. The summed E-state index contributed by atoms with van der Waals surface area (Å²) in [5.41, 5.74) is 0. The lowest BCUT2D eigenvalue weighted by atomic mass is 10.5. The molecule has 0 rings (SSSR count). The normalized spacial score (nSPS) is 10.4. The first-order valence-corrected chi connectivity index (χ1v) is 6.85. The van der Waals surface area contributed by atoms with Gasteiger partial charge in [0.25, 0.3) is 5.97 Å². The number of hydrogen-bond acceptors (Lipinski definition) is 4. The largest absolute Gasteiger partial charge is 0.481 e. The van der Waals surface area contributed by atoms with Gasteiger partial charge in [-0.2, -0.15) is 0 Å². The average molecular weight is 224 g/mol. The summed E-state index contributed by atoms with van der Waals surface area (Å²) >= 11 is 0. The molecule has 2 N–H and O–H groups in total. The van der Waals surface area contributed by atoms with E-state index in [1.165, 1.54) is 0 Å². The van der Waals surface area contributed by atoms with Crippen molar-refractivity contribution >= 4 is 14.5 Å². The summed E-state index contributed by atoms with van der Waals surface area (Å²) < 4.78 is 10.4. The predicted molar refractivity (Wildman–Crippen MR) is 55.5 cm³/mol. The van der Waals surface area contributed by atoms with Crippen molar-refractivity contribution in [2.75, 3.05) is 20.8 Å². The number of aliphatic carboxylic acids is 1. The van der Waals surface area contributed by atoms with Gasteiger partial charge in [0, 0.05) is 27.8 Å². The van der Waals surface area contributed by atoms with Crippen LogP contribution in [0.3, 0.4) is 0 Å². The maximum atomic E-state index is 9.00. The number of aliphatic hydroxyl groups excluding tert-OH is 1. The van der Waals surface area contributed by atoms with Crippen molar-refractivity contribution in [1.29, 1.82) is 0 Å². The summed E-state index contributed by atoms with van der Waals surface area (Å²) in [6.07, 6.45) is 0.768. The lowest BCUT2D eigenvalue weighted by Gasteiger charge is -2.21. The second-order valence-corrected chi connectivity index (χ2v) is 6.47. The zero-order chi connectivity index (χ0) is 11.6. The van der Waals surface area contributed by atoms with Crippen molar-refractivity contribution in [3.8, 4) is 0 Å². The molecule has 0 unspecified atom stereocenters. The van der Waals surface area contributed by atoms with Gasteiger partial charge in [0.05, 0.1) is 0 Å². The lowest BCUT2D eigenvalue weighted by Crippen LogP contribution is -2.35. The summed E-state index contributed by atoms with van der Waals surface area (Å²) in [6.45, 7) is 3.29. The molecule has 86 valence electrons. The molecule has 0 aliphatic rings. The number of aliphatic hydroxyl groups is 1. The molecule has 5 nitrogen and oxygen atoms in total. The summed E-state index contributed by atoms with van der Waals surface area (Å²) in [5, 5.41) is 15.9. The van der Waals surface area contributed by atoms with Gasteiger partial charge in [0.2, 0.25) is 0 Å². The van der Waals surface area contributed by atoms with Gasteiger partial charge in [-0.3, -0.25) is 4.79 Å². The lowest BCUT2D eigenvalue weighted by molar-refractivity contribution is -0.134. The van der Waals surface area contributed by atoms with E-state index in [-0.39, 0.29) is 6.61 Å². The molecule has 0 aliphatic heterocycles. The van der Waals surface area contributed by atoms with Gasteiger partial charge in [-0.05, 0) is 19.0 Å². The van der Waals surface area contributed by atoms with Gasteiger partial charge >= 0.3 is 8.56 Å². The fourth-order valence-corrected chi connectivity index (χ4v) is 2.06. The predicted octanol–water partition coefficient (Wildman–Crippen LogP) is 0.824. The van der Waals surface area contributed by atoms with Crippen molar-refractivity contribution in [1.82, 2.24) is 0 Å². The van der Waals surface area contributed by atoms with E-state index in [9.17, 15) is 0 Å². The molecule has 0 aliphatic carbocycles. The Morgan fingerprint density at radius 1 is 1.36 bits per heavy atom. The molecular weight excluding hydrogens is 204 g/mol. The summed E-state index contributed by atoms with van der Waals surface area (Å²) in [4.78, 5) is 9.00. The minimum Gasteiger partial charge on any atom is -0.481 e. The van der Waals surface area contributed by atoms with Crippen LogP contribution in [0.1, 0.15) is 13.3 Å². The number of rotatable bonds is 5. The van der Waals surface area contributed by atoms with Crippen LogP contribution < -0.4 is 0 Å². The molecule has 0 radical (unpaired) electrons. The zero-order valence-electron chi connectivity index (χ0n) is 9.24. The summed E-state index contributed by atoms with van der Waals surface area (Å²) in [7, 11) is 1.44. The van der Waals surface area contributed by atoms with Crippen LogP contribution in [0.4, 0.5) is 0 Å². The van der Waals surface area contributed by atoms with Crippen molar-refractivity contribution in [3.63, 3.8) is 0 Å². The zero-order valence-corrected chi connectivity index (χ0v) is 10.2. The van der Waals surface area contributed by atoms with Gasteiger partial charge in [-0.1, -0.05) is 0 Å². The van der Waals surface area contributed by atoms with E-state index in [0.29, 0.717) is 0 Å². The molecule has 0 saturated heterocycles. The Labute approximate surface area is 85.9 Å². The van der Waals surface area contributed by atoms with Gasteiger partial charge in [0.15, 0.2) is 0 Å². The molecular formula is C8H20O5Si. The van der Waals surface area contributed by atoms with Crippen LogP contribution in [0.2, 0.25) is 12.6 Å². The highest BCUT2D eigenvalue weighted by molar-refractivity contribution is 6.65. The van der Waals surface area contributed by atoms with E-state index < -0.39 is 14.5 Å². The fourth-order valence-electron chi connectivity index (χ4n) is 0.688. The number of carbonyl (C=O) groups is 1. The third-order valence-corrected chi connectivity index (χ3v) is 4.64. The highest BCUT2D eigenvalue weighted by atomic mass is 28.4. The van der Waals surface area contributed by atoms with Crippen molar-refractivity contribution in [2.45, 2.75) is 25.9 Å². The van der Waals surface area contributed by atoms with Crippen LogP contribution in [-0.2, 0) is 13.6 Å². The fraction of sp³-hybridized carbons (Fsp3) is 0.875. The van der Waals surface area contributed by atoms with Gasteiger partial charge in [-0.25, -0.2) is 0 Å². The van der Waals surface area contributed by atoms with E-state index in [0.717, 1.165) is 19.4 Å². The monoisotopic (exact) mass is 224 g/mol. The number of carboxylic acids is 1. The topological polar surface area (TPSA) is 76.0 Å². The Kier molecular flexibility index (Phi) is 10.4. The Morgan fingerprint density at radius 3 is 1.93 bits per heavy atom. The first kappa shape index (κ1) is 16.0. The van der Waals surface area contributed by atoms with E-state index in [1.54, 1.807) is 14.2 Å². The Hall–Kier alpha value is -0.433. The molecule has 0 fully saturated rings. The van der Waals surface area contributed by atoms with Crippen LogP contribution in [0, 0.1) is 0 Å². The molecule has 6 heteroatoms. The number of carboxylic acid groups (broad SMARTS) is 1. The Morgan fingerprint density at radius 2 is 1.71 bits per heavy atom. The summed E-state index contributed by atoms with van der Waals surface area (Å²) in [5.74, 6) is -0.833. The molecule has 14 heavy (non-hydrogen) atoms. The SMILES string of the molecule is CC(=O)O.CO[Si](C)(CCCO)OC. The van der Waals surface area contributed by atoms with Gasteiger partial charge < -0.3 is 19.1 Å². The van der Waals surface area contributed by atoms with Crippen LogP contribution in [0.25, 0.3) is 0 Å². The molecule has 0 saturated carbocycles. The minimum absolute atomic E-state index is 0.218. The second-order valence-electron chi connectivity index (χ2n) is 2.89. The van der Waals surface area contributed by atoms with Crippen molar-refractivity contribution < 1.29 is 23.9 Å². The quantitative estimate of drug-likeness (QED) is 0.676. The third-order valence-electron chi connectivity index (χ3n) is 1.65. The van der Waals surface area contributed by atoms with Crippen LogP contribution in [0.15, 0.2) is 0 Å². The standard InChI is InChI=1S/C6H16O3Si.C2H4O2/c1-8-10(3,9-2)6-4-5-7;1-2(3)4/h7H,4-6H2,1-3H3;1H3,(H,3,4). The molecule has 0 amide bonds. The van der Waals surface area contributed by atoms with E-state index in [4.69, 9.17) is 23.9 Å². The van der Waals surface area contributed by atoms with Crippen LogP contribution in [-0.4, -0.2) is 45.6 Å². The van der Waals surface area contributed by atoms with Gasteiger partial charge in [-0.15, -0.1) is 0 Å². The maximum absolute atomic E-state index is 9.00. The molecule has 0 aromatic heterocycles. The minimum atomic E-state index is -1.88. The summed E-state index contributed by atoms with van der Waals surface area (Å²) in [6, 6.07) is 0.858. The molecule has 0 atom stereocenters. The maximum Gasteiger partial charge on any atom is 0.334 e. The van der Waals surface area contributed by atoms with E-state index in [2.05, 4.69) is 0 Å².